The summed E-state index contributed by atoms with van der Waals surface area (Å²) in [6.45, 7) is 2.96. The smallest absolute Gasteiger partial charge is 0.289 e. The van der Waals surface area contributed by atoms with Crippen molar-refractivity contribution in [3.8, 4) is 0 Å². The minimum Gasteiger partial charge on any atom is -0.356 e. The van der Waals surface area contributed by atoms with Crippen molar-refractivity contribution in [2.75, 3.05) is 13.1 Å². The Hall–Kier alpha value is -0.550. The maximum absolute atomic E-state index is 11.4. The van der Waals surface area contributed by atoms with Gasteiger partial charge in [0.25, 0.3) is 5.24 Å². The number of nitrogens with zero attached hydrogens (tertiary/aromatic N) is 1. The molecule has 0 spiro atoms. The van der Waals surface area contributed by atoms with Crippen LogP contribution in [0.15, 0.2) is 0 Å². The second-order valence-electron chi connectivity index (χ2n) is 2.62. The van der Waals surface area contributed by atoms with E-state index in [9.17, 15) is 9.59 Å². The molecule has 1 heterocycles. The van der Waals surface area contributed by atoms with Gasteiger partial charge in [0.05, 0.1) is 18.3 Å². The summed E-state index contributed by atoms with van der Waals surface area (Å²) in [4.78, 5) is 23.9. The zero-order valence-corrected chi connectivity index (χ0v) is 7.89. The molecule has 0 aromatic carbocycles. The Bertz CT molecular complexity index is 208. The summed E-state index contributed by atoms with van der Waals surface area (Å²) in [5.41, 5.74) is 3.61. The Balaban J connectivity index is 2.64. The predicted octanol–water partition coefficient (Wildman–Crippen LogP) is -0.298. The molecule has 12 heavy (non-hydrogen) atoms. The normalized spacial score (nSPS) is 23.8. The molecule has 3 N–H and O–H groups in total. The van der Waals surface area contributed by atoms with E-state index in [0.29, 0.717) is 13.1 Å². The van der Waals surface area contributed by atoms with E-state index in [2.05, 4.69) is 5.73 Å². The lowest BCUT2D eigenvalue weighted by Gasteiger charge is -2.09. The number of imide groups is 1. The van der Waals surface area contributed by atoms with E-state index >= 15 is 0 Å². The average Bonchev–Trinajstić information content (AvgIpc) is 2.32. The number of rotatable bonds is 3. The minimum absolute atomic E-state index is 0.0452. The van der Waals surface area contributed by atoms with Gasteiger partial charge < -0.3 is 5.73 Å². The van der Waals surface area contributed by atoms with Crippen LogP contribution in [-0.2, 0) is 4.79 Å². The van der Waals surface area contributed by atoms with E-state index in [-0.39, 0.29) is 16.4 Å². The van der Waals surface area contributed by atoms with Crippen LogP contribution in [0.1, 0.15) is 13.3 Å². The van der Waals surface area contributed by atoms with Crippen LogP contribution in [0.4, 0.5) is 4.79 Å². The highest BCUT2D eigenvalue weighted by Gasteiger charge is 2.37. The average molecular weight is 189 g/mol. The second kappa shape index (κ2) is 3.91. The van der Waals surface area contributed by atoms with Gasteiger partial charge in [-0.05, 0) is 6.42 Å². The lowest BCUT2D eigenvalue weighted by atomic mass is 10.3. The largest absolute Gasteiger partial charge is 0.356 e. The summed E-state index contributed by atoms with van der Waals surface area (Å²) in [5.74, 6) is -0.0452. The fourth-order valence-corrected chi connectivity index (χ4v) is 2.06. The molecule has 1 aliphatic heterocycles. The molecule has 5 heteroatoms. The summed E-state index contributed by atoms with van der Waals surface area (Å²) >= 11 is 1.13. The second-order valence-corrected chi connectivity index (χ2v) is 3.78. The monoisotopic (exact) mass is 189 g/mol. The fourth-order valence-electron chi connectivity index (χ4n) is 1.12. The molecule has 1 fully saturated rings. The summed E-state index contributed by atoms with van der Waals surface area (Å²) in [6.07, 6.45) is 0.725. The number of hydrogen-bond acceptors (Lipinski definition) is 3. The molecule has 4 nitrogen and oxygen atoms in total. The van der Waals surface area contributed by atoms with Crippen LogP contribution in [-0.4, -0.2) is 34.4 Å². The zero-order chi connectivity index (χ0) is 9.14. The molecule has 0 aliphatic carbocycles. The molecule has 1 rings (SSSR count). The molecule has 0 radical (unpaired) electrons. The first-order valence-corrected chi connectivity index (χ1v) is 4.90. The Morgan fingerprint density at radius 2 is 2.25 bits per heavy atom. The molecular weight excluding hydrogens is 176 g/mol. The lowest BCUT2D eigenvalue weighted by Crippen LogP contribution is -2.55. The van der Waals surface area contributed by atoms with E-state index in [0.717, 1.165) is 18.2 Å². The number of quaternary nitrogens is 1. The first-order chi connectivity index (χ1) is 5.70. The van der Waals surface area contributed by atoms with E-state index in [1.165, 1.54) is 4.90 Å². The van der Waals surface area contributed by atoms with Gasteiger partial charge in [-0.3, -0.25) is 14.5 Å². The highest BCUT2D eigenvalue weighted by Crippen LogP contribution is 2.28. The summed E-state index contributed by atoms with van der Waals surface area (Å²) in [5, 5.41) is -0.264. The number of carbonyl (C=O) groups is 2. The van der Waals surface area contributed by atoms with Crippen molar-refractivity contribution in [1.29, 1.82) is 0 Å². The van der Waals surface area contributed by atoms with Crippen LogP contribution in [0.2, 0.25) is 0 Å². The highest BCUT2D eigenvalue weighted by molar-refractivity contribution is 8.15. The van der Waals surface area contributed by atoms with E-state index in [1.54, 1.807) is 0 Å². The topological polar surface area (TPSA) is 65.0 Å². The Morgan fingerprint density at radius 1 is 1.58 bits per heavy atom. The van der Waals surface area contributed by atoms with Crippen molar-refractivity contribution in [2.45, 2.75) is 18.6 Å². The molecular formula is C7H13N2O2S+. The van der Waals surface area contributed by atoms with Gasteiger partial charge in [0.2, 0.25) is 5.91 Å². The van der Waals surface area contributed by atoms with Crippen molar-refractivity contribution in [3.63, 3.8) is 0 Å². The molecule has 68 valence electrons. The highest BCUT2D eigenvalue weighted by atomic mass is 32.2. The van der Waals surface area contributed by atoms with Gasteiger partial charge in [0.15, 0.2) is 0 Å². The van der Waals surface area contributed by atoms with E-state index in [1.807, 2.05) is 6.92 Å². The number of amides is 2. The van der Waals surface area contributed by atoms with Crippen molar-refractivity contribution >= 4 is 22.9 Å². The number of carbonyl (C=O) groups excluding carboxylic acids is 2. The third kappa shape index (κ3) is 1.61. The molecule has 0 aromatic rings. The van der Waals surface area contributed by atoms with Crippen molar-refractivity contribution in [1.82, 2.24) is 4.90 Å². The molecule has 1 aliphatic rings. The molecule has 0 unspecified atom stereocenters. The maximum atomic E-state index is 11.4. The van der Waals surface area contributed by atoms with Gasteiger partial charge >= 0.3 is 0 Å². The van der Waals surface area contributed by atoms with Crippen LogP contribution in [0, 0.1) is 0 Å². The standard InChI is InChI=1S/C7H12N2O2S/c1-2-5-6(10)9(4-3-8)7(11)12-5/h5H,2-4,8H2,1H3/p+1/t5-/m1/s1. The molecule has 1 saturated heterocycles. The quantitative estimate of drug-likeness (QED) is 0.663. The molecule has 0 bridgehead atoms. The van der Waals surface area contributed by atoms with Gasteiger partial charge in [-0.25, -0.2) is 0 Å². The SMILES string of the molecule is CC[C@H]1SC(=O)N(CC[NH3+])C1=O. The van der Waals surface area contributed by atoms with Gasteiger partial charge in [0.1, 0.15) is 0 Å². The molecule has 1 atom stereocenters. The maximum Gasteiger partial charge on any atom is 0.289 e. The third-order valence-electron chi connectivity index (χ3n) is 1.76. The van der Waals surface area contributed by atoms with Gasteiger partial charge in [-0.15, -0.1) is 0 Å². The zero-order valence-electron chi connectivity index (χ0n) is 7.08. The molecule has 0 aromatic heterocycles. The van der Waals surface area contributed by atoms with Crippen LogP contribution < -0.4 is 5.73 Å². The van der Waals surface area contributed by atoms with E-state index < -0.39 is 0 Å². The third-order valence-corrected chi connectivity index (χ3v) is 3.00. The van der Waals surface area contributed by atoms with Gasteiger partial charge in [-0.2, -0.15) is 0 Å². The van der Waals surface area contributed by atoms with Crippen LogP contribution in [0.3, 0.4) is 0 Å². The minimum atomic E-state index is -0.149. The van der Waals surface area contributed by atoms with Crippen molar-refractivity contribution in [3.05, 3.63) is 0 Å². The van der Waals surface area contributed by atoms with Gasteiger partial charge in [-0.1, -0.05) is 18.7 Å². The fraction of sp³-hybridized carbons (Fsp3) is 0.714. The van der Waals surface area contributed by atoms with E-state index in [4.69, 9.17) is 0 Å². The summed E-state index contributed by atoms with van der Waals surface area (Å²) in [6, 6.07) is 0. The molecule has 2 amide bonds. The number of thioether (sulfide) groups is 1. The summed E-state index contributed by atoms with van der Waals surface area (Å²) < 4.78 is 0. The number of hydrogen-bond donors (Lipinski definition) is 1. The molecule has 0 saturated carbocycles. The predicted molar refractivity (Wildman–Crippen MR) is 46.5 cm³/mol. The first kappa shape index (κ1) is 9.54. The van der Waals surface area contributed by atoms with Crippen molar-refractivity contribution in [2.24, 2.45) is 0 Å². The first-order valence-electron chi connectivity index (χ1n) is 4.02. The Morgan fingerprint density at radius 3 is 2.67 bits per heavy atom. The van der Waals surface area contributed by atoms with Crippen LogP contribution in [0.5, 0.6) is 0 Å². The van der Waals surface area contributed by atoms with Crippen LogP contribution in [0.25, 0.3) is 0 Å². The van der Waals surface area contributed by atoms with Gasteiger partial charge in [0, 0.05) is 0 Å². The van der Waals surface area contributed by atoms with Crippen molar-refractivity contribution < 1.29 is 15.3 Å². The summed E-state index contributed by atoms with van der Waals surface area (Å²) in [7, 11) is 0. The lowest BCUT2D eigenvalue weighted by molar-refractivity contribution is -0.367. The Labute approximate surface area is 75.5 Å². The van der Waals surface area contributed by atoms with Crippen LogP contribution >= 0.6 is 11.8 Å². The Kier molecular flexibility index (Phi) is 3.11.